The third-order valence-corrected chi connectivity index (χ3v) is 4.32. The lowest BCUT2D eigenvalue weighted by atomic mass is 10.2. The first kappa shape index (κ1) is 17.9. The van der Waals surface area contributed by atoms with Gasteiger partial charge in [-0.05, 0) is 46.5 Å². The molecular weight excluding hydrogens is 390 g/mol. The Morgan fingerprint density at radius 3 is 2.68 bits per heavy atom. The maximum absolute atomic E-state index is 11.4. The Balaban J connectivity index is 1.88. The van der Waals surface area contributed by atoms with Crippen molar-refractivity contribution in [2.24, 2.45) is 4.99 Å². The zero-order valence-corrected chi connectivity index (χ0v) is 15.3. The van der Waals surface area contributed by atoms with Crippen molar-refractivity contribution in [3.05, 3.63) is 62.6 Å². The molecule has 0 aliphatic carbocycles. The summed E-state index contributed by atoms with van der Waals surface area (Å²) in [4.78, 5) is 16.3. The molecule has 0 radical (unpaired) electrons. The highest BCUT2D eigenvalue weighted by atomic mass is 35.5. The van der Waals surface area contributed by atoms with Crippen molar-refractivity contribution >= 4 is 23.1 Å². The molecule has 0 bridgehead atoms. The van der Waals surface area contributed by atoms with Crippen molar-refractivity contribution in [1.29, 1.82) is 0 Å². The van der Waals surface area contributed by atoms with Crippen LogP contribution in [0.5, 0.6) is 11.5 Å². The van der Waals surface area contributed by atoms with Crippen molar-refractivity contribution in [2.75, 3.05) is 13.2 Å². The molecule has 28 heavy (non-hydrogen) atoms. The monoisotopic (exact) mass is 403 g/mol. The Bertz CT molecular complexity index is 1150. The van der Waals surface area contributed by atoms with Crippen LogP contribution in [0.1, 0.15) is 5.56 Å². The number of aromatic nitrogens is 3. The molecule has 10 nitrogen and oxygen atoms in total. The van der Waals surface area contributed by atoms with Gasteiger partial charge in [-0.15, -0.1) is 0 Å². The van der Waals surface area contributed by atoms with Gasteiger partial charge in [0.1, 0.15) is 18.9 Å². The minimum absolute atomic E-state index is 0.264. The fourth-order valence-corrected chi connectivity index (χ4v) is 2.99. The van der Waals surface area contributed by atoms with E-state index in [-0.39, 0.29) is 11.2 Å². The SMILES string of the molecule is Cc1ccc(N=c2c([N+](=O)[O-])nn(-c3ccc4c(c3)OCCO4)n2O)c(Cl)c1. The van der Waals surface area contributed by atoms with Crippen LogP contribution in [0.15, 0.2) is 41.4 Å². The molecule has 144 valence electrons. The molecule has 11 heteroatoms. The van der Waals surface area contributed by atoms with Crippen LogP contribution in [-0.4, -0.2) is 38.1 Å². The summed E-state index contributed by atoms with van der Waals surface area (Å²) in [6.45, 7) is 2.66. The number of nitro groups is 1. The summed E-state index contributed by atoms with van der Waals surface area (Å²) in [7, 11) is 0. The van der Waals surface area contributed by atoms with Crippen LogP contribution in [-0.2, 0) is 0 Å². The number of benzene rings is 2. The van der Waals surface area contributed by atoms with Gasteiger partial charge in [0.15, 0.2) is 11.5 Å². The first-order chi connectivity index (χ1) is 13.4. The van der Waals surface area contributed by atoms with Crippen molar-refractivity contribution < 1.29 is 19.6 Å². The van der Waals surface area contributed by atoms with E-state index in [2.05, 4.69) is 10.1 Å². The van der Waals surface area contributed by atoms with Crippen LogP contribution in [0.4, 0.5) is 11.5 Å². The molecule has 0 fully saturated rings. The molecule has 0 saturated heterocycles. The molecule has 0 amide bonds. The molecule has 3 aromatic rings. The lowest BCUT2D eigenvalue weighted by molar-refractivity contribution is -0.391. The van der Waals surface area contributed by atoms with Gasteiger partial charge in [0.2, 0.25) is 0 Å². The third-order valence-electron chi connectivity index (χ3n) is 4.02. The highest BCUT2D eigenvalue weighted by molar-refractivity contribution is 6.33. The molecule has 0 atom stereocenters. The number of hydrogen-bond donors (Lipinski definition) is 1. The number of hydrogen-bond acceptors (Lipinski definition) is 7. The van der Waals surface area contributed by atoms with E-state index in [1.165, 1.54) is 0 Å². The Kier molecular flexibility index (Phi) is 4.40. The first-order valence-corrected chi connectivity index (χ1v) is 8.59. The Morgan fingerprint density at radius 1 is 1.21 bits per heavy atom. The van der Waals surface area contributed by atoms with Crippen LogP contribution in [0.25, 0.3) is 5.69 Å². The minimum atomic E-state index is -0.734. The lowest BCUT2D eigenvalue weighted by Crippen LogP contribution is -2.22. The average Bonchev–Trinajstić information content (AvgIpc) is 3.00. The van der Waals surface area contributed by atoms with Gasteiger partial charge in [0.25, 0.3) is 5.49 Å². The van der Waals surface area contributed by atoms with Crippen LogP contribution >= 0.6 is 11.6 Å². The Morgan fingerprint density at radius 2 is 1.96 bits per heavy atom. The summed E-state index contributed by atoms with van der Waals surface area (Å²) in [5.74, 6) is 0.355. The van der Waals surface area contributed by atoms with E-state index in [1.807, 2.05) is 6.92 Å². The lowest BCUT2D eigenvalue weighted by Gasteiger charge is -2.18. The van der Waals surface area contributed by atoms with Gasteiger partial charge < -0.3 is 24.8 Å². The van der Waals surface area contributed by atoms with Crippen LogP contribution in [0.2, 0.25) is 5.02 Å². The van der Waals surface area contributed by atoms with E-state index >= 15 is 0 Å². The topological polar surface area (TPSA) is 117 Å². The number of aryl methyl sites for hydroxylation is 1. The van der Waals surface area contributed by atoms with Gasteiger partial charge in [0, 0.05) is 6.07 Å². The van der Waals surface area contributed by atoms with E-state index in [0.29, 0.717) is 40.3 Å². The fraction of sp³-hybridized carbons (Fsp3) is 0.176. The Hall–Kier alpha value is -3.53. The van der Waals surface area contributed by atoms with Crippen molar-refractivity contribution in [1.82, 2.24) is 14.7 Å². The molecular formula is C17H14ClN5O5. The highest BCUT2D eigenvalue weighted by Gasteiger charge is 2.25. The fourth-order valence-electron chi connectivity index (χ4n) is 2.71. The van der Waals surface area contributed by atoms with Gasteiger partial charge in [-0.3, -0.25) is 0 Å². The second-order valence-corrected chi connectivity index (χ2v) is 6.39. The summed E-state index contributed by atoms with van der Waals surface area (Å²) < 4.78 is 10.9. The van der Waals surface area contributed by atoms with Crippen LogP contribution in [0, 0.1) is 17.0 Å². The number of nitrogens with zero attached hydrogens (tertiary/aromatic N) is 5. The van der Waals surface area contributed by atoms with E-state index < -0.39 is 10.7 Å². The van der Waals surface area contributed by atoms with Crippen LogP contribution in [0.3, 0.4) is 0 Å². The maximum atomic E-state index is 11.4. The molecule has 1 aromatic heterocycles. The molecule has 1 N–H and O–H groups in total. The maximum Gasteiger partial charge on any atom is 0.438 e. The van der Waals surface area contributed by atoms with Gasteiger partial charge in [-0.25, -0.2) is 4.99 Å². The van der Waals surface area contributed by atoms with Crippen molar-refractivity contribution in [3.63, 3.8) is 0 Å². The summed E-state index contributed by atoms with van der Waals surface area (Å²) in [5, 5.41) is 26.1. The van der Waals surface area contributed by atoms with E-state index in [1.54, 1.807) is 36.4 Å². The highest BCUT2D eigenvalue weighted by Crippen LogP contribution is 2.32. The molecule has 2 aromatic carbocycles. The van der Waals surface area contributed by atoms with Gasteiger partial charge >= 0.3 is 5.82 Å². The largest absolute Gasteiger partial charge is 0.486 e. The summed E-state index contributed by atoms with van der Waals surface area (Å²) >= 11 is 6.15. The molecule has 0 spiro atoms. The first-order valence-electron chi connectivity index (χ1n) is 8.21. The Labute approximate surface area is 162 Å². The van der Waals surface area contributed by atoms with Gasteiger partial charge in [-0.1, -0.05) is 22.5 Å². The second-order valence-electron chi connectivity index (χ2n) is 5.98. The third kappa shape index (κ3) is 3.14. The normalized spacial score (nSPS) is 13.6. The van der Waals surface area contributed by atoms with Gasteiger partial charge in [0.05, 0.1) is 15.8 Å². The van der Waals surface area contributed by atoms with Crippen molar-refractivity contribution in [3.8, 4) is 17.2 Å². The summed E-state index contributed by atoms with van der Waals surface area (Å²) in [6, 6.07) is 9.79. The number of rotatable bonds is 3. The zero-order chi connectivity index (χ0) is 19.8. The summed E-state index contributed by atoms with van der Waals surface area (Å²) in [6.07, 6.45) is 0. The average molecular weight is 404 g/mol. The van der Waals surface area contributed by atoms with E-state index in [9.17, 15) is 15.3 Å². The van der Waals surface area contributed by atoms with Crippen molar-refractivity contribution in [2.45, 2.75) is 6.92 Å². The van der Waals surface area contributed by atoms with Crippen LogP contribution < -0.4 is 15.0 Å². The van der Waals surface area contributed by atoms with E-state index in [4.69, 9.17) is 21.1 Å². The molecule has 1 aliphatic rings. The van der Waals surface area contributed by atoms with Gasteiger partial charge in [-0.2, -0.15) is 0 Å². The molecule has 0 unspecified atom stereocenters. The smallest absolute Gasteiger partial charge is 0.438 e. The second kappa shape index (κ2) is 6.89. The molecule has 4 rings (SSSR count). The number of fused-ring (bicyclic) bond motifs is 1. The number of halogens is 1. The molecule has 1 aliphatic heterocycles. The zero-order valence-electron chi connectivity index (χ0n) is 14.6. The quantitative estimate of drug-likeness (QED) is 0.408. The van der Waals surface area contributed by atoms with E-state index in [0.717, 1.165) is 10.4 Å². The molecule has 0 saturated carbocycles. The number of ether oxygens (including phenoxy) is 2. The summed E-state index contributed by atoms with van der Waals surface area (Å²) in [5.41, 5.74) is 1.12. The standard InChI is InChI=1S/C17H14ClN5O5/c1-10-2-4-13(12(18)8-10)19-16-17(23(25)26)20-21(22(16)24)11-3-5-14-15(9-11)28-7-6-27-14/h2-5,8-9,24H,6-7H2,1H3. The predicted molar refractivity (Wildman–Crippen MR) is 97.8 cm³/mol. The predicted octanol–water partition coefficient (Wildman–Crippen LogP) is 2.78. The minimum Gasteiger partial charge on any atom is -0.486 e. The molecule has 2 heterocycles.